The van der Waals surface area contributed by atoms with E-state index in [1.54, 1.807) is 0 Å². The molecule has 35 heavy (non-hydrogen) atoms. The summed E-state index contributed by atoms with van der Waals surface area (Å²) in [5.41, 5.74) is 7.76. The second kappa shape index (κ2) is 11.7. The largest absolute Gasteiger partial charge is 0.383 e. The predicted octanol–water partition coefficient (Wildman–Crippen LogP) is 1.89. The van der Waals surface area contributed by atoms with Gasteiger partial charge in [-0.1, -0.05) is 57.5 Å². The van der Waals surface area contributed by atoms with Crippen LogP contribution in [0.15, 0.2) is 33.9 Å². The van der Waals surface area contributed by atoms with E-state index in [9.17, 15) is 14.4 Å². The molecule has 0 radical (unpaired) electrons. The number of aryl methyl sites for hydroxylation is 1. The van der Waals surface area contributed by atoms with E-state index in [-0.39, 0.29) is 35.8 Å². The van der Waals surface area contributed by atoms with Crippen LogP contribution in [0.2, 0.25) is 0 Å². The van der Waals surface area contributed by atoms with Gasteiger partial charge in [0.2, 0.25) is 5.91 Å². The van der Waals surface area contributed by atoms with Crippen molar-refractivity contribution in [3.63, 3.8) is 0 Å². The van der Waals surface area contributed by atoms with E-state index < -0.39 is 11.2 Å². The molecule has 0 saturated carbocycles. The number of nitrogens with zero attached hydrogens (tertiary/aromatic N) is 4. The number of amides is 1. The summed E-state index contributed by atoms with van der Waals surface area (Å²) in [6.45, 7) is 15.1. The van der Waals surface area contributed by atoms with Crippen LogP contribution in [0.1, 0.15) is 38.8 Å². The third kappa shape index (κ3) is 7.05. The monoisotopic (exact) mass is 484 g/mol. The quantitative estimate of drug-likeness (QED) is 0.563. The average Bonchev–Trinajstić information content (AvgIpc) is 2.77. The molecule has 0 aliphatic carbocycles. The number of nitrogen functional groups attached to an aromatic ring is 1. The van der Waals surface area contributed by atoms with Crippen LogP contribution < -0.4 is 21.9 Å². The molecule has 2 heterocycles. The molecular weight excluding hydrogens is 444 g/mol. The topological polar surface area (TPSA) is 108 Å². The van der Waals surface area contributed by atoms with E-state index in [4.69, 9.17) is 5.73 Å². The smallest absolute Gasteiger partial charge is 0.330 e. The molecule has 1 aromatic carbocycles. The highest BCUT2D eigenvalue weighted by Crippen LogP contribution is 2.20. The summed E-state index contributed by atoms with van der Waals surface area (Å²) in [6, 6.07) is 8.54. The Balaban J connectivity index is 1.73. The maximum atomic E-state index is 13.5. The summed E-state index contributed by atoms with van der Waals surface area (Å²) in [4.78, 5) is 47.0. The summed E-state index contributed by atoms with van der Waals surface area (Å²) in [5, 5.41) is 0. The Morgan fingerprint density at radius 2 is 1.71 bits per heavy atom. The molecule has 1 aromatic heterocycles. The first-order chi connectivity index (χ1) is 16.5. The molecule has 9 nitrogen and oxygen atoms in total. The Morgan fingerprint density at radius 1 is 1.06 bits per heavy atom. The van der Waals surface area contributed by atoms with E-state index in [0.29, 0.717) is 13.1 Å². The van der Waals surface area contributed by atoms with Gasteiger partial charge in [-0.05, 0) is 24.3 Å². The zero-order valence-corrected chi connectivity index (χ0v) is 21.7. The zero-order chi connectivity index (χ0) is 25.7. The van der Waals surface area contributed by atoms with Gasteiger partial charge in [-0.25, -0.2) is 4.79 Å². The van der Waals surface area contributed by atoms with E-state index in [0.717, 1.165) is 32.7 Å². The minimum absolute atomic E-state index is 0.0458. The molecule has 2 aromatic rings. The van der Waals surface area contributed by atoms with Crippen LogP contribution in [0.5, 0.6) is 0 Å². The third-order valence-corrected chi connectivity index (χ3v) is 6.19. The fourth-order valence-electron chi connectivity index (χ4n) is 4.52. The maximum absolute atomic E-state index is 13.5. The summed E-state index contributed by atoms with van der Waals surface area (Å²) < 4.78 is 1.35. The Bertz CT molecular complexity index is 1130. The molecule has 1 amide bonds. The number of aromatic amines is 1. The second-order valence-corrected chi connectivity index (χ2v) is 10.4. The number of benzene rings is 1. The van der Waals surface area contributed by atoms with Crippen molar-refractivity contribution in [3.8, 4) is 0 Å². The molecule has 0 atom stereocenters. The minimum atomic E-state index is -0.621. The van der Waals surface area contributed by atoms with E-state index in [1.807, 2.05) is 27.7 Å². The van der Waals surface area contributed by atoms with Gasteiger partial charge in [0, 0.05) is 45.8 Å². The van der Waals surface area contributed by atoms with Crippen molar-refractivity contribution in [3.05, 3.63) is 56.2 Å². The number of nitrogens with one attached hydrogen (secondary N) is 1. The fraction of sp³-hybridized carbons (Fsp3) is 0.577. The Morgan fingerprint density at radius 3 is 2.31 bits per heavy atom. The summed E-state index contributed by atoms with van der Waals surface area (Å²) in [5.74, 6) is 0.135. The highest BCUT2D eigenvalue weighted by molar-refractivity contribution is 5.96. The molecule has 1 aliphatic heterocycles. The number of carbonyl (C=O) groups excluding carboxylic acids is 1. The van der Waals surface area contributed by atoms with Gasteiger partial charge >= 0.3 is 5.69 Å². The minimum Gasteiger partial charge on any atom is -0.383 e. The molecule has 0 unspecified atom stereocenters. The van der Waals surface area contributed by atoms with Crippen LogP contribution in [-0.2, 0) is 17.9 Å². The van der Waals surface area contributed by atoms with Gasteiger partial charge in [-0.2, -0.15) is 0 Å². The lowest BCUT2D eigenvalue weighted by molar-refractivity contribution is -0.120. The number of anilines is 2. The summed E-state index contributed by atoms with van der Waals surface area (Å²) in [7, 11) is 0. The second-order valence-electron chi connectivity index (χ2n) is 10.4. The van der Waals surface area contributed by atoms with Gasteiger partial charge in [0.1, 0.15) is 5.82 Å². The van der Waals surface area contributed by atoms with Crippen LogP contribution >= 0.6 is 0 Å². The van der Waals surface area contributed by atoms with Gasteiger partial charge in [0.15, 0.2) is 5.69 Å². The average molecular weight is 485 g/mol. The lowest BCUT2D eigenvalue weighted by Crippen LogP contribution is -2.51. The van der Waals surface area contributed by atoms with Gasteiger partial charge in [0.25, 0.3) is 5.56 Å². The number of carbonyl (C=O) groups is 1. The van der Waals surface area contributed by atoms with Crippen LogP contribution in [0.25, 0.3) is 0 Å². The molecule has 1 aliphatic rings. The molecule has 1 fully saturated rings. The first kappa shape index (κ1) is 26.7. The number of H-pyrrole nitrogens is 1. The van der Waals surface area contributed by atoms with Crippen molar-refractivity contribution < 1.29 is 4.79 Å². The normalized spacial score (nSPS) is 15.2. The van der Waals surface area contributed by atoms with Crippen molar-refractivity contribution in [2.45, 2.75) is 47.7 Å². The van der Waals surface area contributed by atoms with Crippen molar-refractivity contribution >= 4 is 17.4 Å². The predicted molar refractivity (Wildman–Crippen MR) is 141 cm³/mol. The fourth-order valence-corrected chi connectivity index (χ4v) is 4.52. The van der Waals surface area contributed by atoms with Gasteiger partial charge in [-0.3, -0.25) is 28.9 Å². The van der Waals surface area contributed by atoms with Crippen molar-refractivity contribution in [2.24, 2.45) is 11.8 Å². The molecular formula is C26H40N6O3. The lowest BCUT2D eigenvalue weighted by atomic mass is 10.1. The SMILES string of the molecule is Cc1cccc(CN2CCN(CC(=O)N(CC(C)C)c3c(N)n(CC(C)C)c(=O)[nH]c3=O)CC2)c1. The van der Waals surface area contributed by atoms with Crippen molar-refractivity contribution in [1.82, 2.24) is 19.4 Å². The first-order valence-corrected chi connectivity index (χ1v) is 12.5. The molecule has 1 saturated heterocycles. The van der Waals surface area contributed by atoms with Crippen LogP contribution in [-0.4, -0.2) is 64.5 Å². The first-order valence-electron chi connectivity index (χ1n) is 12.5. The number of rotatable bonds is 9. The molecule has 3 rings (SSSR count). The van der Waals surface area contributed by atoms with Gasteiger partial charge < -0.3 is 10.6 Å². The Kier molecular flexibility index (Phi) is 8.91. The highest BCUT2D eigenvalue weighted by atomic mass is 16.2. The van der Waals surface area contributed by atoms with Crippen molar-refractivity contribution in [1.29, 1.82) is 0 Å². The van der Waals surface area contributed by atoms with E-state index in [1.165, 1.54) is 20.6 Å². The standard InChI is InChI=1S/C26H40N6O3/c1-18(2)14-31(23-24(27)32(15-19(3)4)26(35)28-25(23)34)22(33)17-30-11-9-29(10-12-30)16-21-8-6-7-20(5)13-21/h6-8,13,18-19H,9-12,14-17,27H2,1-5H3,(H,28,34,35). The van der Waals surface area contributed by atoms with Crippen LogP contribution in [0.3, 0.4) is 0 Å². The molecule has 0 bridgehead atoms. The summed E-state index contributed by atoms with van der Waals surface area (Å²) >= 11 is 0. The van der Waals surface area contributed by atoms with Gasteiger partial charge in [-0.15, -0.1) is 0 Å². The van der Waals surface area contributed by atoms with Crippen LogP contribution in [0.4, 0.5) is 11.5 Å². The number of hydrogen-bond donors (Lipinski definition) is 2. The van der Waals surface area contributed by atoms with E-state index >= 15 is 0 Å². The summed E-state index contributed by atoms with van der Waals surface area (Å²) in [6.07, 6.45) is 0. The third-order valence-electron chi connectivity index (χ3n) is 6.19. The number of hydrogen-bond acceptors (Lipinski definition) is 6. The van der Waals surface area contributed by atoms with Crippen LogP contribution in [0, 0.1) is 18.8 Å². The number of aromatic nitrogens is 2. The number of piperazine rings is 1. The van der Waals surface area contributed by atoms with Gasteiger partial charge in [0.05, 0.1) is 6.54 Å². The van der Waals surface area contributed by atoms with E-state index in [2.05, 4.69) is 46.0 Å². The van der Waals surface area contributed by atoms with Crippen molar-refractivity contribution in [2.75, 3.05) is 49.9 Å². The Hall–Kier alpha value is -2.91. The molecule has 0 spiro atoms. The zero-order valence-electron chi connectivity index (χ0n) is 21.7. The Labute approximate surface area is 207 Å². The number of nitrogens with two attached hydrogens (primary N) is 1. The lowest BCUT2D eigenvalue weighted by Gasteiger charge is -2.35. The molecule has 192 valence electrons. The highest BCUT2D eigenvalue weighted by Gasteiger charge is 2.27. The molecule has 3 N–H and O–H groups in total. The molecule has 9 heteroatoms. The maximum Gasteiger partial charge on any atom is 0.330 e.